The fraction of sp³-hybridized carbons (Fsp3) is 0.0870. The van der Waals surface area contributed by atoms with Gasteiger partial charge in [0.25, 0.3) is 0 Å². The molecule has 0 amide bonds. The molecule has 1 heterocycles. The van der Waals surface area contributed by atoms with Gasteiger partial charge in [0, 0.05) is 10.6 Å². The molecule has 0 spiro atoms. The van der Waals surface area contributed by atoms with Crippen molar-refractivity contribution in [3.63, 3.8) is 0 Å². The zero-order valence-corrected chi connectivity index (χ0v) is 17.9. The predicted octanol–water partition coefficient (Wildman–Crippen LogP) is 6.00. The molecule has 6 nitrogen and oxygen atoms in total. The molecular weight excluding hydrogens is 435 g/mol. The van der Waals surface area contributed by atoms with Gasteiger partial charge in [-0.3, -0.25) is 0 Å². The van der Waals surface area contributed by atoms with Gasteiger partial charge in [-0.15, -0.1) is 0 Å². The maximum atomic E-state index is 6.38. The van der Waals surface area contributed by atoms with E-state index in [1.54, 1.807) is 29.2 Å². The van der Waals surface area contributed by atoms with E-state index in [-0.39, 0.29) is 6.61 Å². The highest BCUT2D eigenvalue weighted by Gasteiger charge is 2.12. The Morgan fingerprint density at radius 2 is 1.77 bits per heavy atom. The van der Waals surface area contributed by atoms with Gasteiger partial charge < -0.3 is 9.57 Å². The fourth-order valence-electron chi connectivity index (χ4n) is 2.86. The van der Waals surface area contributed by atoms with Crippen LogP contribution in [0.4, 0.5) is 0 Å². The summed E-state index contributed by atoms with van der Waals surface area (Å²) in [7, 11) is 0. The van der Waals surface area contributed by atoms with Crippen molar-refractivity contribution in [1.82, 2.24) is 14.8 Å². The van der Waals surface area contributed by atoms with Crippen LogP contribution < -0.4 is 4.74 Å². The van der Waals surface area contributed by atoms with Crippen molar-refractivity contribution in [2.75, 3.05) is 0 Å². The standard InChI is InChI=1S/C23H18Cl2N4O2/c24-18-9-10-21(22(25)12-18)23(13-29-16-26-15-27-29)28-30-14-17-5-4-8-20(11-17)31-19-6-2-1-3-7-19/h1-12,15-16H,13-14H2/b28-23+. The number of para-hydroxylation sites is 1. The number of hydrogen-bond acceptors (Lipinski definition) is 5. The normalized spacial score (nSPS) is 11.4. The molecule has 0 saturated heterocycles. The second-order valence-corrected chi connectivity index (χ2v) is 7.43. The van der Waals surface area contributed by atoms with E-state index in [0.717, 1.165) is 17.1 Å². The maximum absolute atomic E-state index is 6.38. The molecule has 8 heteroatoms. The van der Waals surface area contributed by atoms with E-state index in [2.05, 4.69) is 15.2 Å². The highest BCUT2D eigenvalue weighted by molar-refractivity contribution is 6.37. The van der Waals surface area contributed by atoms with E-state index < -0.39 is 0 Å². The van der Waals surface area contributed by atoms with Gasteiger partial charge in [0.05, 0.1) is 11.6 Å². The van der Waals surface area contributed by atoms with Gasteiger partial charge in [-0.05, 0) is 48.0 Å². The van der Waals surface area contributed by atoms with Crippen molar-refractivity contribution < 1.29 is 9.57 Å². The minimum Gasteiger partial charge on any atom is -0.457 e. The first-order chi connectivity index (χ1) is 15.2. The Morgan fingerprint density at radius 1 is 0.935 bits per heavy atom. The van der Waals surface area contributed by atoms with Crippen LogP contribution in [0.25, 0.3) is 0 Å². The number of hydrogen-bond donors (Lipinski definition) is 0. The molecule has 0 saturated carbocycles. The van der Waals surface area contributed by atoms with Crippen molar-refractivity contribution in [2.45, 2.75) is 13.2 Å². The lowest BCUT2D eigenvalue weighted by molar-refractivity contribution is 0.129. The van der Waals surface area contributed by atoms with Gasteiger partial charge in [0.15, 0.2) is 0 Å². The minimum absolute atomic E-state index is 0.262. The van der Waals surface area contributed by atoms with E-state index in [0.29, 0.717) is 27.9 Å². The predicted molar refractivity (Wildman–Crippen MR) is 121 cm³/mol. The molecule has 0 atom stereocenters. The van der Waals surface area contributed by atoms with E-state index in [9.17, 15) is 0 Å². The van der Waals surface area contributed by atoms with E-state index in [1.807, 2.05) is 54.6 Å². The SMILES string of the molecule is Clc1ccc(/C(Cn2cncn2)=N/OCc2cccc(Oc3ccccc3)c2)c(Cl)c1. The molecule has 156 valence electrons. The molecule has 0 fully saturated rings. The first-order valence-electron chi connectivity index (χ1n) is 9.46. The lowest BCUT2D eigenvalue weighted by Crippen LogP contribution is -2.13. The molecule has 31 heavy (non-hydrogen) atoms. The van der Waals surface area contributed by atoms with E-state index >= 15 is 0 Å². The van der Waals surface area contributed by atoms with Crippen LogP contribution in [-0.2, 0) is 18.0 Å². The van der Waals surface area contributed by atoms with E-state index in [4.69, 9.17) is 32.8 Å². The van der Waals surface area contributed by atoms with Crippen molar-refractivity contribution in [3.05, 3.63) is 107 Å². The Balaban J connectivity index is 1.49. The highest BCUT2D eigenvalue weighted by atomic mass is 35.5. The Kier molecular flexibility index (Phi) is 6.82. The molecule has 4 aromatic rings. The van der Waals surface area contributed by atoms with Gasteiger partial charge in [-0.1, -0.05) is 58.7 Å². The molecule has 0 bridgehead atoms. The Morgan fingerprint density at radius 3 is 2.55 bits per heavy atom. The quantitative estimate of drug-likeness (QED) is 0.243. The molecule has 3 aromatic carbocycles. The number of aromatic nitrogens is 3. The molecule has 0 aliphatic rings. The van der Waals surface area contributed by atoms with Gasteiger partial charge in [-0.25, -0.2) is 9.67 Å². The minimum atomic E-state index is 0.262. The second kappa shape index (κ2) is 10.1. The van der Waals surface area contributed by atoms with Gasteiger partial charge in [0.1, 0.15) is 36.5 Å². The Labute approximate surface area is 189 Å². The molecule has 0 unspecified atom stereocenters. The first-order valence-corrected chi connectivity index (χ1v) is 10.2. The Hall–Kier alpha value is -3.35. The molecule has 0 N–H and O–H groups in total. The summed E-state index contributed by atoms with van der Waals surface area (Å²) < 4.78 is 7.51. The molecule has 0 aliphatic carbocycles. The van der Waals surface area contributed by atoms with Crippen molar-refractivity contribution >= 4 is 28.9 Å². The zero-order valence-electron chi connectivity index (χ0n) is 16.4. The molecular formula is C23H18Cl2N4O2. The van der Waals surface area contributed by atoms with Crippen LogP contribution >= 0.6 is 23.2 Å². The average Bonchev–Trinajstić information content (AvgIpc) is 3.27. The van der Waals surface area contributed by atoms with Crippen LogP contribution in [0.15, 0.2) is 90.6 Å². The van der Waals surface area contributed by atoms with Gasteiger partial charge >= 0.3 is 0 Å². The van der Waals surface area contributed by atoms with Gasteiger partial charge in [0.2, 0.25) is 0 Å². The van der Waals surface area contributed by atoms with E-state index in [1.165, 1.54) is 6.33 Å². The molecule has 0 radical (unpaired) electrons. The number of nitrogens with zero attached hydrogens (tertiary/aromatic N) is 4. The van der Waals surface area contributed by atoms with Crippen LogP contribution in [0.1, 0.15) is 11.1 Å². The van der Waals surface area contributed by atoms with Crippen LogP contribution in [-0.4, -0.2) is 20.5 Å². The number of ether oxygens (including phenoxy) is 1. The van der Waals surface area contributed by atoms with Crippen LogP contribution in [0.5, 0.6) is 11.5 Å². The molecule has 4 rings (SSSR count). The van der Waals surface area contributed by atoms with Crippen molar-refractivity contribution in [2.24, 2.45) is 5.16 Å². The van der Waals surface area contributed by atoms with Crippen LogP contribution in [0.2, 0.25) is 10.0 Å². The molecule has 1 aromatic heterocycles. The Bertz CT molecular complexity index is 1170. The third kappa shape index (κ3) is 5.84. The zero-order chi connectivity index (χ0) is 21.5. The van der Waals surface area contributed by atoms with Crippen LogP contribution in [0, 0.1) is 0 Å². The number of halogens is 2. The largest absolute Gasteiger partial charge is 0.457 e. The fourth-order valence-corrected chi connectivity index (χ4v) is 3.38. The topological polar surface area (TPSA) is 61.5 Å². The smallest absolute Gasteiger partial charge is 0.142 e. The molecule has 0 aliphatic heterocycles. The average molecular weight is 453 g/mol. The summed E-state index contributed by atoms with van der Waals surface area (Å²) in [6.07, 6.45) is 3.06. The maximum Gasteiger partial charge on any atom is 0.142 e. The third-order valence-corrected chi connectivity index (χ3v) is 4.85. The summed E-state index contributed by atoms with van der Waals surface area (Å²) in [5.41, 5.74) is 2.23. The van der Waals surface area contributed by atoms with Crippen LogP contribution in [0.3, 0.4) is 0 Å². The highest BCUT2D eigenvalue weighted by Crippen LogP contribution is 2.24. The summed E-state index contributed by atoms with van der Waals surface area (Å²) in [6.45, 7) is 0.608. The third-order valence-electron chi connectivity index (χ3n) is 4.30. The number of rotatable bonds is 8. The van der Waals surface area contributed by atoms with Crippen molar-refractivity contribution in [1.29, 1.82) is 0 Å². The summed E-state index contributed by atoms with van der Waals surface area (Å²) >= 11 is 12.4. The van der Waals surface area contributed by atoms with Gasteiger partial charge in [-0.2, -0.15) is 5.10 Å². The lowest BCUT2D eigenvalue weighted by atomic mass is 10.1. The summed E-state index contributed by atoms with van der Waals surface area (Å²) in [4.78, 5) is 9.62. The first kappa shape index (κ1) is 20.9. The summed E-state index contributed by atoms with van der Waals surface area (Å²) in [5.74, 6) is 1.49. The monoisotopic (exact) mass is 452 g/mol. The van der Waals surface area contributed by atoms with Crippen molar-refractivity contribution in [3.8, 4) is 11.5 Å². The number of oxime groups is 1. The number of benzene rings is 3. The lowest BCUT2D eigenvalue weighted by Gasteiger charge is -2.10. The second-order valence-electron chi connectivity index (χ2n) is 6.59. The summed E-state index contributed by atoms with van der Waals surface area (Å²) in [5, 5.41) is 9.48. The summed E-state index contributed by atoms with van der Waals surface area (Å²) in [6, 6.07) is 22.5.